The Bertz CT molecular complexity index is 687. The van der Waals surface area contributed by atoms with Crippen LogP contribution in [0.5, 0.6) is 17.2 Å². The fraction of sp³-hybridized carbons (Fsp3) is 0.478. The molecule has 0 amide bonds. The first-order chi connectivity index (χ1) is 13.2. The van der Waals surface area contributed by atoms with Gasteiger partial charge in [0, 0.05) is 5.92 Å². The van der Waals surface area contributed by atoms with E-state index >= 15 is 0 Å². The van der Waals surface area contributed by atoms with E-state index < -0.39 is 0 Å². The third-order valence-electron chi connectivity index (χ3n) is 4.86. The summed E-state index contributed by atoms with van der Waals surface area (Å²) in [6.45, 7) is 3.54. The van der Waals surface area contributed by atoms with Crippen molar-refractivity contribution in [3.05, 3.63) is 53.6 Å². The molecule has 1 atom stereocenters. The second-order valence-corrected chi connectivity index (χ2v) is 6.77. The van der Waals surface area contributed by atoms with E-state index in [4.69, 9.17) is 19.9 Å². The van der Waals surface area contributed by atoms with Gasteiger partial charge < -0.3 is 19.9 Å². The van der Waals surface area contributed by atoms with Gasteiger partial charge in [-0.25, -0.2) is 0 Å². The minimum atomic E-state index is 0.189. The predicted octanol–water partition coefficient (Wildman–Crippen LogP) is 4.95. The van der Waals surface area contributed by atoms with E-state index in [9.17, 15) is 0 Å². The molecule has 0 saturated carbocycles. The fourth-order valence-electron chi connectivity index (χ4n) is 3.23. The molecule has 1 unspecified atom stereocenters. The standard InChI is InChI=1S/C23H33NO3/c1-4-5-6-9-14-27-21-11-8-7-10-19(21)15-20(17-24)18-12-13-22(25-2)23(16-18)26-3/h7-8,10-13,16,20H,4-6,9,14-15,17,24H2,1-3H3. The van der Waals surface area contributed by atoms with E-state index in [1.807, 2.05) is 18.2 Å². The van der Waals surface area contributed by atoms with Gasteiger partial charge in [-0.3, -0.25) is 0 Å². The summed E-state index contributed by atoms with van der Waals surface area (Å²) in [4.78, 5) is 0. The van der Waals surface area contributed by atoms with Gasteiger partial charge in [0.15, 0.2) is 11.5 Å². The molecule has 4 heteroatoms. The first-order valence-electron chi connectivity index (χ1n) is 9.86. The zero-order valence-electron chi connectivity index (χ0n) is 16.9. The van der Waals surface area contributed by atoms with Crippen molar-refractivity contribution in [2.75, 3.05) is 27.4 Å². The maximum Gasteiger partial charge on any atom is 0.160 e. The Labute approximate surface area is 163 Å². The summed E-state index contributed by atoms with van der Waals surface area (Å²) < 4.78 is 16.8. The molecular formula is C23H33NO3. The number of methoxy groups -OCH3 is 2. The maximum absolute atomic E-state index is 6.11. The van der Waals surface area contributed by atoms with Gasteiger partial charge in [0.05, 0.1) is 20.8 Å². The molecule has 4 nitrogen and oxygen atoms in total. The molecular weight excluding hydrogens is 338 g/mol. The van der Waals surface area contributed by atoms with Crippen LogP contribution in [-0.4, -0.2) is 27.4 Å². The summed E-state index contributed by atoms with van der Waals surface area (Å²) in [5, 5.41) is 0. The number of unbranched alkanes of at least 4 members (excludes halogenated alkanes) is 3. The van der Waals surface area contributed by atoms with Gasteiger partial charge in [-0.15, -0.1) is 0 Å². The van der Waals surface area contributed by atoms with E-state index in [-0.39, 0.29) is 5.92 Å². The smallest absolute Gasteiger partial charge is 0.160 e. The highest BCUT2D eigenvalue weighted by atomic mass is 16.5. The summed E-state index contributed by atoms with van der Waals surface area (Å²) in [6, 6.07) is 14.3. The van der Waals surface area contributed by atoms with Crippen molar-refractivity contribution in [1.82, 2.24) is 0 Å². The molecule has 0 heterocycles. The predicted molar refractivity (Wildman–Crippen MR) is 111 cm³/mol. The minimum absolute atomic E-state index is 0.189. The van der Waals surface area contributed by atoms with Gasteiger partial charge in [-0.1, -0.05) is 50.5 Å². The summed E-state index contributed by atoms with van der Waals surface area (Å²) in [5.41, 5.74) is 8.45. The molecule has 0 aliphatic carbocycles. The van der Waals surface area contributed by atoms with Crippen LogP contribution < -0.4 is 19.9 Å². The molecule has 2 aromatic rings. The number of rotatable bonds is 12. The Morgan fingerprint density at radius 2 is 1.67 bits per heavy atom. The molecule has 2 rings (SSSR count). The first kappa shape index (κ1) is 21.1. The number of hydrogen-bond acceptors (Lipinski definition) is 4. The Balaban J connectivity index is 2.10. The number of para-hydroxylation sites is 1. The molecule has 0 aliphatic rings. The van der Waals surface area contributed by atoms with Crippen LogP contribution in [0.15, 0.2) is 42.5 Å². The lowest BCUT2D eigenvalue weighted by Gasteiger charge is -2.19. The Morgan fingerprint density at radius 3 is 2.37 bits per heavy atom. The minimum Gasteiger partial charge on any atom is -0.493 e. The van der Waals surface area contributed by atoms with E-state index in [2.05, 4.69) is 31.2 Å². The Kier molecular flexibility index (Phi) is 8.99. The largest absolute Gasteiger partial charge is 0.493 e. The maximum atomic E-state index is 6.11. The summed E-state index contributed by atoms with van der Waals surface area (Å²) in [7, 11) is 3.30. The second-order valence-electron chi connectivity index (χ2n) is 6.77. The Morgan fingerprint density at radius 1 is 0.889 bits per heavy atom. The van der Waals surface area contributed by atoms with Crippen LogP contribution in [0, 0.1) is 0 Å². The number of hydrogen-bond donors (Lipinski definition) is 1. The van der Waals surface area contributed by atoms with Crippen molar-refractivity contribution < 1.29 is 14.2 Å². The highest BCUT2D eigenvalue weighted by molar-refractivity contribution is 5.45. The van der Waals surface area contributed by atoms with Crippen LogP contribution in [0.25, 0.3) is 0 Å². The SMILES string of the molecule is CCCCCCOc1ccccc1CC(CN)c1ccc(OC)c(OC)c1. The van der Waals surface area contributed by atoms with Gasteiger partial charge in [0.25, 0.3) is 0 Å². The van der Waals surface area contributed by atoms with E-state index in [0.717, 1.165) is 42.3 Å². The second kappa shape index (κ2) is 11.5. The average molecular weight is 372 g/mol. The highest BCUT2D eigenvalue weighted by Gasteiger charge is 2.16. The van der Waals surface area contributed by atoms with Gasteiger partial charge in [0.1, 0.15) is 5.75 Å². The zero-order valence-corrected chi connectivity index (χ0v) is 16.9. The number of benzene rings is 2. The third-order valence-corrected chi connectivity index (χ3v) is 4.86. The van der Waals surface area contributed by atoms with Crippen molar-refractivity contribution >= 4 is 0 Å². The van der Waals surface area contributed by atoms with E-state index in [0.29, 0.717) is 6.54 Å². The van der Waals surface area contributed by atoms with Crippen molar-refractivity contribution in [1.29, 1.82) is 0 Å². The van der Waals surface area contributed by atoms with Gasteiger partial charge in [-0.05, 0) is 48.7 Å². The van der Waals surface area contributed by atoms with Crippen molar-refractivity contribution in [3.63, 3.8) is 0 Å². The van der Waals surface area contributed by atoms with Gasteiger partial charge in [0.2, 0.25) is 0 Å². The topological polar surface area (TPSA) is 53.7 Å². The van der Waals surface area contributed by atoms with Crippen LogP contribution in [0.2, 0.25) is 0 Å². The van der Waals surface area contributed by atoms with Crippen LogP contribution in [0.3, 0.4) is 0 Å². The zero-order chi connectivity index (χ0) is 19.5. The van der Waals surface area contributed by atoms with Gasteiger partial charge >= 0.3 is 0 Å². The first-order valence-corrected chi connectivity index (χ1v) is 9.86. The number of nitrogens with two attached hydrogens (primary N) is 1. The lowest BCUT2D eigenvalue weighted by molar-refractivity contribution is 0.301. The molecule has 27 heavy (non-hydrogen) atoms. The molecule has 0 bridgehead atoms. The number of ether oxygens (including phenoxy) is 3. The normalized spacial score (nSPS) is 11.9. The summed E-state index contributed by atoms with van der Waals surface area (Å²) in [6.07, 6.45) is 5.64. The molecule has 148 valence electrons. The highest BCUT2D eigenvalue weighted by Crippen LogP contribution is 2.33. The van der Waals surface area contributed by atoms with Crippen LogP contribution >= 0.6 is 0 Å². The van der Waals surface area contributed by atoms with Crippen LogP contribution in [0.4, 0.5) is 0 Å². The average Bonchev–Trinajstić information content (AvgIpc) is 2.72. The van der Waals surface area contributed by atoms with Crippen LogP contribution in [-0.2, 0) is 6.42 Å². The monoisotopic (exact) mass is 371 g/mol. The molecule has 2 N–H and O–H groups in total. The van der Waals surface area contributed by atoms with Crippen molar-refractivity contribution in [3.8, 4) is 17.2 Å². The van der Waals surface area contributed by atoms with E-state index in [1.165, 1.54) is 24.8 Å². The molecule has 0 spiro atoms. The molecule has 2 aromatic carbocycles. The quantitative estimate of drug-likeness (QED) is 0.537. The van der Waals surface area contributed by atoms with Crippen LogP contribution in [0.1, 0.15) is 49.7 Å². The fourth-order valence-corrected chi connectivity index (χ4v) is 3.23. The molecule has 0 fully saturated rings. The molecule has 0 aromatic heterocycles. The summed E-state index contributed by atoms with van der Waals surface area (Å²) >= 11 is 0. The molecule has 0 radical (unpaired) electrons. The van der Waals surface area contributed by atoms with Gasteiger partial charge in [-0.2, -0.15) is 0 Å². The van der Waals surface area contributed by atoms with Crippen molar-refractivity contribution in [2.45, 2.75) is 44.9 Å². The molecule has 0 aliphatic heterocycles. The lowest BCUT2D eigenvalue weighted by atomic mass is 9.91. The lowest BCUT2D eigenvalue weighted by Crippen LogP contribution is -2.16. The summed E-state index contributed by atoms with van der Waals surface area (Å²) in [5.74, 6) is 2.62. The van der Waals surface area contributed by atoms with Crippen molar-refractivity contribution in [2.24, 2.45) is 5.73 Å². The Hall–Kier alpha value is -2.20. The van der Waals surface area contributed by atoms with E-state index in [1.54, 1.807) is 14.2 Å². The third kappa shape index (κ3) is 6.17. The molecule has 0 saturated heterocycles.